The lowest BCUT2D eigenvalue weighted by Crippen LogP contribution is -2.34. The molecule has 0 radical (unpaired) electrons. The lowest BCUT2D eigenvalue weighted by Gasteiger charge is -2.21. The summed E-state index contributed by atoms with van der Waals surface area (Å²) in [5, 5.41) is 13.1. The second-order valence-electron chi connectivity index (χ2n) is 8.93. The third-order valence-corrected chi connectivity index (χ3v) is 7.02. The van der Waals surface area contributed by atoms with Gasteiger partial charge in [-0.2, -0.15) is 0 Å². The monoisotopic (exact) mass is 443 g/mol. The zero-order valence-corrected chi connectivity index (χ0v) is 18.4. The van der Waals surface area contributed by atoms with Crippen LogP contribution in [0.25, 0.3) is 28.3 Å². The quantitative estimate of drug-likeness (QED) is 0.446. The molecule has 6 rings (SSSR count). The number of nitrogens with zero attached hydrogens (tertiary/aromatic N) is 4. The molecule has 0 saturated carbocycles. The maximum absolute atomic E-state index is 13.4. The van der Waals surface area contributed by atoms with Gasteiger partial charge in [-0.25, -0.2) is 9.37 Å². The minimum absolute atomic E-state index is 0.185. The van der Waals surface area contributed by atoms with E-state index in [4.69, 9.17) is 0 Å². The molecule has 0 amide bonds. The third-order valence-electron chi connectivity index (χ3n) is 7.02. The highest BCUT2D eigenvalue weighted by Crippen LogP contribution is 2.36. The van der Waals surface area contributed by atoms with E-state index in [2.05, 4.69) is 54.8 Å². The van der Waals surface area contributed by atoms with Crippen molar-refractivity contribution in [1.29, 1.82) is 0 Å². The molecule has 2 aliphatic rings. The van der Waals surface area contributed by atoms with Crippen molar-refractivity contribution in [2.24, 2.45) is 5.92 Å². The Bertz CT molecular complexity index is 1300. The summed E-state index contributed by atoms with van der Waals surface area (Å²) in [5.41, 5.74) is 6.56. The van der Waals surface area contributed by atoms with E-state index in [1.165, 1.54) is 23.4 Å². The number of anilines is 1. The molecule has 4 aromatic rings. The zero-order chi connectivity index (χ0) is 22.5. The van der Waals surface area contributed by atoms with Gasteiger partial charge in [0.15, 0.2) is 5.82 Å². The van der Waals surface area contributed by atoms with Crippen molar-refractivity contribution in [3.63, 3.8) is 0 Å². The highest BCUT2D eigenvalue weighted by molar-refractivity contribution is 5.72. The van der Waals surface area contributed by atoms with Crippen LogP contribution in [0.5, 0.6) is 0 Å². The summed E-state index contributed by atoms with van der Waals surface area (Å²) in [4.78, 5) is 7.01. The SMILES string of the molecule is CN[C@H]1CN(c2ccc3c(c2)Cn2cc(-c4ccc(F)cc4)cc2-c2nccn2-3)C[C@@H]1CO. The summed E-state index contributed by atoms with van der Waals surface area (Å²) < 4.78 is 17.8. The van der Waals surface area contributed by atoms with Gasteiger partial charge in [-0.1, -0.05) is 12.1 Å². The van der Waals surface area contributed by atoms with Gasteiger partial charge >= 0.3 is 0 Å². The molecule has 2 N–H and O–H groups in total. The summed E-state index contributed by atoms with van der Waals surface area (Å²) in [6.07, 6.45) is 5.96. The van der Waals surface area contributed by atoms with Gasteiger partial charge in [0, 0.05) is 68.0 Å². The van der Waals surface area contributed by atoms with Crippen molar-refractivity contribution in [1.82, 2.24) is 19.4 Å². The van der Waals surface area contributed by atoms with Gasteiger partial charge in [-0.15, -0.1) is 0 Å². The van der Waals surface area contributed by atoms with E-state index in [1.807, 2.05) is 31.6 Å². The van der Waals surface area contributed by atoms with Crippen molar-refractivity contribution in [2.75, 3.05) is 31.6 Å². The average Bonchev–Trinajstić information content (AvgIpc) is 3.56. The molecule has 0 aliphatic carbocycles. The highest BCUT2D eigenvalue weighted by Gasteiger charge is 2.32. The summed E-state index contributed by atoms with van der Waals surface area (Å²) in [5.74, 6) is 0.886. The molecule has 0 unspecified atom stereocenters. The predicted octanol–water partition coefficient (Wildman–Crippen LogP) is 3.53. The summed E-state index contributed by atoms with van der Waals surface area (Å²) in [6.45, 7) is 2.61. The van der Waals surface area contributed by atoms with Crippen LogP contribution in [-0.2, 0) is 6.54 Å². The Kier molecular flexibility index (Phi) is 4.81. The van der Waals surface area contributed by atoms with Crippen LogP contribution in [0.1, 0.15) is 5.56 Å². The number of fused-ring (bicyclic) bond motifs is 5. The van der Waals surface area contributed by atoms with Gasteiger partial charge in [-0.3, -0.25) is 4.57 Å². The van der Waals surface area contributed by atoms with E-state index in [9.17, 15) is 9.50 Å². The Morgan fingerprint density at radius 2 is 1.94 bits per heavy atom. The Hall–Kier alpha value is -3.42. The molecule has 4 heterocycles. The highest BCUT2D eigenvalue weighted by atomic mass is 19.1. The average molecular weight is 444 g/mol. The number of hydrogen-bond donors (Lipinski definition) is 2. The zero-order valence-electron chi connectivity index (χ0n) is 18.4. The molecular weight excluding hydrogens is 417 g/mol. The lowest BCUT2D eigenvalue weighted by molar-refractivity contribution is 0.219. The fourth-order valence-electron chi connectivity index (χ4n) is 5.22. The van der Waals surface area contributed by atoms with E-state index in [1.54, 1.807) is 0 Å². The minimum atomic E-state index is -0.234. The van der Waals surface area contributed by atoms with Gasteiger partial charge in [0.25, 0.3) is 0 Å². The number of hydrogen-bond acceptors (Lipinski definition) is 4. The molecule has 168 valence electrons. The minimum Gasteiger partial charge on any atom is -0.396 e. The van der Waals surface area contributed by atoms with Crippen molar-refractivity contribution in [3.8, 4) is 28.3 Å². The Morgan fingerprint density at radius 3 is 2.70 bits per heavy atom. The number of imidazole rings is 1. The molecule has 33 heavy (non-hydrogen) atoms. The number of benzene rings is 2. The first-order valence-electron chi connectivity index (χ1n) is 11.3. The number of nitrogens with one attached hydrogen (secondary N) is 1. The Balaban J connectivity index is 1.40. The van der Waals surface area contributed by atoms with Gasteiger partial charge in [0.2, 0.25) is 0 Å². The summed E-state index contributed by atoms with van der Waals surface area (Å²) >= 11 is 0. The van der Waals surface area contributed by atoms with E-state index in [-0.39, 0.29) is 24.4 Å². The van der Waals surface area contributed by atoms with Crippen LogP contribution in [0.2, 0.25) is 0 Å². The Morgan fingerprint density at radius 1 is 1.09 bits per heavy atom. The Labute approximate surface area is 191 Å². The normalized spacial score (nSPS) is 19.2. The fourth-order valence-corrected chi connectivity index (χ4v) is 5.22. The first-order valence-corrected chi connectivity index (χ1v) is 11.3. The van der Waals surface area contributed by atoms with E-state index >= 15 is 0 Å². The molecule has 7 heteroatoms. The number of aromatic nitrogens is 3. The molecule has 1 saturated heterocycles. The maximum Gasteiger partial charge on any atom is 0.161 e. The lowest BCUT2D eigenvalue weighted by atomic mass is 10.1. The first-order chi connectivity index (χ1) is 16.1. The number of halogens is 1. The fraction of sp³-hybridized carbons (Fsp3) is 0.269. The van der Waals surface area contributed by atoms with Crippen molar-refractivity contribution < 1.29 is 9.50 Å². The van der Waals surface area contributed by atoms with Gasteiger partial charge in [-0.05, 0) is 54.6 Å². The first kappa shape index (κ1) is 20.2. The summed E-state index contributed by atoms with van der Waals surface area (Å²) in [7, 11) is 1.96. The van der Waals surface area contributed by atoms with Gasteiger partial charge in [0.1, 0.15) is 5.82 Å². The van der Waals surface area contributed by atoms with Crippen LogP contribution in [0, 0.1) is 11.7 Å². The number of aliphatic hydroxyl groups is 1. The van der Waals surface area contributed by atoms with Crippen molar-refractivity contribution in [2.45, 2.75) is 12.6 Å². The van der Waals surface area contributed by atoms with E-state index in [0.717, 1.165) is 48.0 Å². The number of rotatable bonds is 4. The van der Waals surface area contributed by atoms with E-state index < -0.39 is 0 Å². The molecule has 1 fully saturated rings. The molecule has 6 nitrogen and oxygen atoms in total. The maximum atomic E-state index is 13.4. The molecule has 2 aromatic carbocycles. The standard InChI is InChI=1S/C26H26FN5O/c1-28-23-15-30(14-20(23)16-33)22-6-7-24-19(10-22)13-31-12-18(17-2-4-21(27)5-3-17)11-25(31)26-29-8-9-32(24)26/h2-12,20,23,28,33H,13-16H2,1H3/t20-,23+/m1/s1. The van der Waals surface area contributed by atoms with Crippen LogP contribution in [0.4, 0.5) is 10.1 Å². The smallest absolute Gasteiger partial charge is 0.161 e. The molecule has 2 aromatic heterocycles. The van der Waals surface area contributed by atoms with Gasteiger partial charge < -0.3 is 19.9 Å². The molecule has 2 atom stereocenters. The third kappa shape index (κ3) is 3.35. The number of aliphatic hydroxyl groups excluding tert-OH is 1. The topological polar surface area (TPSA) is 58.2 Å². The second kappa shape index (κ2) is 7.86. The van der Waals surface area contributed by atoms with Crippen molar-refractivity contribution >= 4 is 5.69 Å². The van der Waals surface area contributed by atoms with Crippen LogP contribution in [0.15, 0.2) is 67.1 Å². The second-order valence-corrected chi connectivity index (χ2v) is 8.93. The number of likely N-dealkylation sites (N-methyl/N-ethyl adjacent to an activating group) is 1. The van der Waals surface area contributed by atoms with Crippen LogP contribution in [-0.4, -0.2) is 52.0 Å². The van der Waals surface area contributed by atoms with Gasteiger partial charge in [0.05, 0.1) is 11.4 Å². The molecule has 0 spiro atoms. The largest absolute Gasteiger partial charge is 0.396 e. The van der Waals surface area contributed by atoms with Crippen LogP contribution < -0.4 is 10.2 Å². The van der Waals surface area contributed by atoms with Crippen LogP contribution in [0.3, 0.4) is 0 Å². The van der Waals surface area contributed by atoms with E-state index in [0.29, 0.717) is 0 Å². The molecule has 2 aliphatic heterocycles. The predicted molar refractivity (Wildman–Crippen MR) is 127 cm³/mol. The molecular formula is C26H26FN5O. The summed E-state index contributed by atoms with van der Waals surface area (Å²) in [6, 6.07) is 15.6. The van der Waals surface area contributed by atoms with Crippen LogP contribution >= 0.6 is 0 Å². The molecule has 0 bridgehead atoms. The van der Waals surface area contributed by atoms with Crippen molar-refractivity contribution in [3.05, 3.63) is 78.5 Å².